The number of anilines is 1. The van der Waals surface area contributed by atoms with Crippen LogP contribution in [-0.2, 0) is 0 Å². The van der Waals surface area contributed by atoms with Crippen LogP contribution in [0.25, 0.3) is 55.8 Å². The van der Waals surface area contributed by atoms with Gasteiger partial charge < -0.3 is 10.3 Å². The van der Waals surface area contributed by atoms with Crippen molar-refractivity contribution in [3.63, 3.8) is 0 Å². The Morgan fingerprint density at radius 2 is 1.78 bits per heavy atom. The van der Waals surface area contributed by atoms with Gasteiger partial charge in [0.2, 0.25) is 0 Å². The number of rotatable bonds is 5. The summed E-state index contributed by atoms with van der Waals surface area (Å²) < 4.78 is 29.6. The van der Waals surface area contributed by atoms with Crippen LogP contribution in [0.1, 0.15) is 13.8 Å². The number of imidazole rings is 1. The minimum absolute atomic E-state index is 0.195. The molecule has 0 amide bonds. The second-order valence-electron chi connectivity index (χ2n) is 8.84. The molecule has 0 unspecified atom stereocenters. The number of hydrogen-bond acceptors (Lipinski definition) is 5. The van der Waals surface area contributed by atoms with Crippen LogP contribution in [0.3, 0.4) is 0 Å². The van der Waals surface area contributed by atoms with E-state index in [9.17, 15) is 4.39 Å². The fourth-order valence-electron chi connectivity index (χ4n) is 4.37. The van der Waals surface area contributed by atoms with E-state index >= 15 is 4.39 Å². The third-order valence-corrected chi connectivity index (χ3v) is 5.93. The maximum Gasteiger partial charge on any atom is 0.178 e. The number of fused-ring (bicyclic) bond motifs is 2. The summed E-state index contributed by atoms with van der Waals surface area (Å²) in [6.45, 7) is 4.08. The summed E-state index contributed by atoms with van der Waals surface area (Å²) in [7, 11) is 0. The Morgan fingerprint density at radius 1 is 0.917 bits per heavy atom. The van der Waals surface area contributed by atoms with Gasteiger partial charge in [0.25, 0.3) is 0 Å². The molecule has 4 heterocycles. The Hall–Kier alpha value is -4.66. The Bertz CT molecular complexity index is 1740. The van der Waals surface area contributed by atoms with Crippen LogP contribution in [0.15, 0.2) is 67.1 Å². The van der Waals surface area contributed by atoms with E-state index in [0.29, 0.717) is 44.8 Å². The Balaban J connectivity index is 1.49. The number of benzene rings is 2. The highest BCUT2D eigenvalue weighted by molar-refractivity contribution is 5.97. The quantitative estimate of drug-likeness (QED) is 0.268. The summed E-state index contributed by atoms with van der Waals surface area (Å²) in [6.07, 6.45) is 5.01. The summed E-state index contributed by atoms with van der Waals surface area (Å²) in [4.78, 5) is 16.5. The predicted octanol–water partition coefficient (Wildman–Crippen LogP) is 6.33. The SMILES string of the molecule is CC(C)Nc1cncc(-c2cc(F)c3n[nH]c(-c4nc5nccc(-c6ccccc6F)c5[nH]4)c3c2)c1. The van der Waals surface area contributed by atoms with Gasteiger partial charge in [-0.2, -0.15) is 5.10 Å². The van der Waals surface area contributed by atoms with Crippen molar-refractivity contribution in [2.24, 2.45) is 0 Å². The number of halogens is 2. The lowest BCUT2D eigenvalue weighted by molar-refractivity contribution is 0.631. The maximum atomic E-state index is 15.1. The van der Waals surface area contributed by atoms with Gasteiger partial charge in [0.05, 0.1) is 11.2 Å². The number of hydrogen-bond donors (Lipinski definition) is 3. The zero-order valence-electron chi connectivity index (χ0n) is 19.5. The molecular weight excluding hydrogens is 460 g/mol. The highest BCUT2D eigenvalue weighted by Crippen LogP contribution is 2.34. The molecule has 9 heteroatoms. The number of H-pyrrole nitrogens is 2. The van der Waals surface area contributed by atoms with Crippen LogP contribution in [0.4, 0.5) is 14.5 Å². The number of pyridine rings is 2. The fraction of sp³-hybridized carbons (Fsp3) is 0.111. The molecular formula is C27H21F2N7. The van der Waals surface area contributed by atoms with Gasteiger partial charge in [-0.15, -0.1) is 0 Å². The van der Waals surface area contributed by atoms with E-state index in [-0.39, 0.29) is 17.4 Å². The number of aromatic amines is 2. The molecule has 2 aromatic carbocycles. The van der Waals surface area contributed by atoms with Crippen molar-refractivity contribution in [1.29, 1.82) is 0 Å². The molecule has 0 radical (unpaired) electrons. The maximum absolute atomic E-state index is 15.1. The summed E-state index contributed by atoms with van der Waals surface area (Å²) in [5.41, 5.74) is 5.03. The molecule has 0 aliphatic heterocycles. The molecule has 36 heavy (non-hydrogen) atoms. The van der Waals surface area contributed by atoms with E-state index in [4.69, 9.17) is 0 Å². The van der Waals surface area contributed by atoms with Crippen LogP contribution in [0, 0.1) is 11.6 Å². The molecule has 178 valence electrons. The normalized spacial score (nSPS) is 11.6. The van der Waals surface area contributed by atoms with E-state index in [1.165, 1.54) is 12.1 Å². The predicted molar refractivity (Wildman–Crippen MR) is 136 cm³/mol. The van der Waals surface area contributed by atoms with Gasteiger partial charge in [0.1, 0.15) is 17.0 Å². The van der Waals surface area contributed by atoms with E-state index in [0.717, 1.165) is 11.3 Å². The molecule has 7 nitrogen and oxygen atoms in total. The Morgan fingerprint density at radius 3 is 2.61 bits per heavy atom. The summed E-state index contributed by atoms with van der Waals surface area (Å²) in [5, 5.41) is 11.0. The first kappa shape index (κ1) is 21.8. The van der Waals surface area contributed by atoms with Gasteiger partial charge >= 0.3 is 0 Å². The second-order valence-corrected chi connectivity index (χ2v) is 8.84. The Labute approximate surface area is 204 Å². The number of aromatic nitrogens is 6. The first-order valence-corrected chi connectivity index (χ1v) is 11.5. The summed E-state index contributed by atoms with van der Waals surface area (Å²) >= 11 is 0. The van der Waals surface area contributed by atoms with E-state index < -0.39 is 5.82 Å². The molecule has 0 spiro atoms. The largest absolute Gasteiger partial charge is 0.382 e. The van der Waals surface area contributed by atoms with Crippen molar-refractivity contribution in [2.75, 3.05) is 5.32 Å². The molecule has 0 aliphatic rings. The van der Waals surface area contributed by atoms with Gasteiger partial charge in [0.15, 0.2) is 17.3 Å². The lowest BCUT2D eigenvalue weighted by atomic mass is 10.0. The lowest BCUT2D eigenvalue weighted by Crippen LogP contribution is -2.09. The monoisotopic (exact) mass is 481 g/mol. The van der Waals surface area contributed by atoms with Gasteiger partial charge in [-0.25, -0.2) is 18.7 Å². The molecule has 3 N–H and O–H groups in total. The van der Waals surface area contributed by atoms with Crippen molar-refractivity contribution in [2.45, 2.75) is 19.9 Å². The fourth-order valence-corrected chi connectivity index (χ4v) is 4.37. The Kier molecular flexibility index (Phi) is 5.18. The number of nitrogens with zero attached hydrogens (tertiary/aromatic N) is 4. The molecule has 0 fully saturated rings. The van der Waals surface area contributed by atoms with Gasteiger partial charge in [-0.05, 0) is 49.7 Å². The molecule has 6 aromatic rings. The van der Waals surface area contributed by atoms with Gasteiger partial charge in [-0.1, -0.05) is 18.2 Å². The molecule has 0 aliphatic carbocycles. The molecule has 0 saturated heterocycles. The first-order valence-electron chi connectivity index (χ1n) is 11.5. The standard InChI is InChI=1S/C27H21F2N7/c1-14(2)32-17-9-16(12-30-13-17)15-10-20-23(22(29)11-15)35-36-25(20)27-33-24-19(7-8-31-26(24)34-27)18-5-3-4-6-21(18)28/h3-14,32H,1-2H3,(H,35,36)(H,31,33,34). The van der Waals surface area contributed by atoms with Crippen LogP contribution in [-0.4, -0.2) is 36.2 Å². The van der Waals surface area contributed by atoms with Gasteiger partial charge in [0, 0.05) is 46.7 Å². The average molecular weight is 482 g/mol. The van der Waals surface area contributed by atoms with Crippen molar-refractivity contribution in [3.05, 3.63) is 78.8 Å². The highest BCUT2D eigenvalue weighted by Gasteiger charge is 2.19. The smallest absolute Gasteiger partial charge is 0.178 e. The molecule has 0 atom stereocenters. The van der Waals surface area contributed by atoms with Crippen molar-refractivity contribution >= 4 is 27.8 Å². The molecule has 0 bridgehead atoms. The number of nitrogens with one attached hydrogen (secondary N) is 3. The van der Waals surface area contributed by atoms with Crippen LogP contribution < -0.4 is 5.32 Å². The van der Waals surface area contributed by atoms with E-state index in [1.54, 1.807) is 42.9 Å². The lowest BCUT2D eigenvalue weighted by Gasteiger charge is -2.11. The zero-order chi connectivity index (χ0) is 24.8. The van der Waals surface area contributed by atoms with E-state index in [2.05, 4.69) is 35.5 Å². The van der Waals surface area contributed by atoms with Crippen molar-refractivity contribution in [3.8, 4) is 33.8 Å². The second kappa shape index (κ2) is 8.53. The van der Waals surface area contributed by atoms with Crippen LogP contribution >= 0.6 is 0 Å². The summed E-state index contributed by atoms with van der Waals surface area (Å²) in [6, 6.07) is 13.7. The third kappa shape index (κ3) is 3.74. The summed E-state index contributed by atoms with van der Waals surface area (Å²) in [5.74, 6) is -0.384. The van der Waals surface area contributed by atoms with Crippen molar-refractivity contribution < 1.29 is 8.78 Å². The highest BCUT2D eigenvalue weighted by atomic mass is 19.1. The van der Waals surface area contributed by atoms with Crippen LogP contribution in [0.5, 0.6) is 0 Å². The van der Waals surface area contributed by atoms with Crippen molar-refractivity contribution in [1.82, 2.24) is 30.1 Å². The minimum Gasteiger partial charge on any atom is -0.382 e. The first-order chi connectivity index (χ1) is 17.5. The molecule has 0 saturated carbocycles. The van der Waals surface area contributed by atoms with Crippen LogP contribution in [0.2, 0.25) is 0 Å². The zero-order valence-corrected chi connectivity index (χ0v) is 19.5. The molecule has 4 aromatic heterocycles. The minimum atomic E-state index is -0.464. The topological polar surface area (TPSA) is 95.2 Å². The van der Waals surface area contributed by atoms with E-state index in [1.807, 2.05) is 26.0 Å². The average Bonchev–Trinajstić information content (AvgIpc) is 3.48. The third-order valence-electron chi connectivity index (χ3n) is 5.93. The molecule has 6 rings (SSSR count). The van der Waals surface area contributed by atoms with Gasteiger partial charge in [-0.3, -0.25) is 10.1 Å².